The van der Waals surface area contributed by atoms with Crippen LogP contribution in [0.25, 0.3) is 0 Å². The van der Waals surface area contributed by atoms with Gasteiger partial charge in [0.15, 0.2) is 0 Å². The zero-order chi connectivity index (χ0) is 16.6. The van der Waals surface area contributed by atoms with Crippen LogP contribution in [0.3, 0.4) is 0 Å². The average Bonchev–Trinajstić information content (AvgIpc) is 2.37. The van der Waals surface area contributed by atoms with Crippen molar-refractivity contribution in [2.24, 2.45) is 0 Å². The van der Waals surface area contributed by atoms with Gasteiger partial charge in [-0.05, 0) is 52.7 Å². The van der Waals surface area contributed by atoms with Gasteiger partial charge in [-0.2, -0.15) is 0 Å². The maximum Gasteiger partial charge on any atom is 0.410 e. The Morgan fingerprint density at radius 2 is 1.76 bits per heavy atom. The Bertz CT molecular complexity index is 409. The molecule has 4 heteroatoms. The van der Waals surface area contributed by atoms with Crippen molar-refractivity contribution in [2.75, 3.05) is 7.05 Å². The lowest BCUT2D eigenvalue weighted by molar-refractivity contribution is 0.0249. The topological polar surface area (TPSA) is 42.4 Å². The Morgan fingerprint density at radius 3 is 2.05 bits per heavy atom. The summed E-state index contributed by atoms with van der Waals surface area (Å²) in [6, 6.07) is 6.18. The summed E-state index contributed by atoms with van der Waals surface area (Å²) in [5, 5.41) is 0. The van der Waals surface area contributed by atoms with E-state index in [4.69, 9.17) is 4.74 Å². The first-order valence-corrected chi connectivity index (χ1v) is 7.41. The fourth-order valence-electron chi connectivity index (χ4n) is 1.26. The predicted molar refractivity (Wildman–Crippen MR) is 87.5 cm³/mol. The normalized spacial score (nSPS) is 11.0. The molecule has 0 aliphatic carbocycles. The van der Waals surface area contributed by atoms with Crippen molar-refractivity contribution in [2.45, 2.75) is 66.0 Å². The summed E-state index contributed by atoms with van der Waals surface area (Å²) in [6.45, 7) is 13.8. The minimum absolute atomic E-state index is 0.180. The van der Waals surface area contributed by atoms with Gasteiger partial charge in [-0.3, -0.25) is 4.98 Å². The van der Waals surface area contributed by atoms with Crippen molar-refractivity contribution < 1.29 is 9.53 Å². The number of ether oxygens (including phenoxy) is 1. The molecule has 0 bridgehead atoms. The van der Waals surface area contributed by atoms with E-state index in [1.54, 1.807) is 11.9 Å². The van der Waals surface area contributed by atoms with E-state index in [0.29, 0.717) is 5.92 Å². The van der Waals surface area contributed by atoms with Gasteiger partial charge in [-0.1, -0.05) is 19.9 Å². The van der Waals surface area contributed by atoms with E-state index in [1.807, 2.05) is 59.0 Å². The van der Waals surface area contributed by atoms with Gasteiger partial charge in [0.1, 0.15) is 5.60 Å². The third-order valence-corrected chi connectivity index (χ3v) is 2.74. The Kier molecular flexibility index (Phi) is 8.00. The Balaban J connectivity index is 0.000000394. The monoisotopic (exact) mass is 294 g/mol. The van der Waals surface area contributed by atoms with Gasteiger partial charge in [0.25, 0.3) is 0 Å². The van der Waals surface area contributed by atoms with Crippen molar-refractivity contribution >= 4 is 6.09 Å². The number of nitrogens with zero attached hydrogens (tertiary/aromatic N) is 2. The van der Waals surface area contributed by atoms with Gasteiger partial charge in [-0.15, -0.1) is 0 Å². The van der Waals surface area contributed by atoms with Gasteiger partial charge in [0, 0.05) is 25.0 Å². The van der Waals surface area contributed by atoms with E-state index in [0.717, 1.165) is 5.69 Å². The SMILES string of the molecule is CC(C)N(C)C(=O)OC(C)(C)C.CC(C)c1ccccn1. The number of rotatable bonds is 2. The highest BCUT2D eigenvalue weighted by Crippen LogP contribution is 2.10. The molecule has 1 rings (SSSR count). The van der Waals surface area contributed by atoms with Crippen molar-refractivity contribution in [1.82, 2.24) is 9.88 Å². The number of carbonyl (C=O) groups excluding carboxylic acids is 1. The summed E-state index contributed by atoms with van der Waals surface area (Å²) in [4.78, 5) is 17.1. The Morgan fingerprint density at radius 1 is 1.19 bits per heavy atom. The van der Waals surface area contributed by atoms with Crippen LogP contribution in [0.4, 0.5) is 4.79 Å². The molecule has 1 aromatic heterocycles. The molecule has 0 radical (unpaired) electrons. The summed E-state index contributed by atoms with van der Waals surface area (Å²) in [5.41, 5.74) is 0.762. The molecule has 0 fully saturated rings. The zero-order valence-corrected chi connectivity index (χ0v) is 14.7. The minimum atomic E-state index is -0.403. The second-order valence-corrected chi connectivity index (χ2v) is 6.59. The molecule has 0 aliphatic heterocycles. The molecule has 1 amide bonds. The number of amides is 1. The third-order valence-electron chi connectivity index (χ3n) is 2.74. The highest BCUT2D eigenvalue weighted by molar-refractivity contribution is 5.68. The lowest BCUT2D eigenvalue weighted by Crippen LogP contribution is -2.38. The molecule has 1 aromatic rings. The van der Waals surface area contributed by atoms with Gasteiger partial charge < -0.3 is 9.64 Å². The molecule has 0 aliphatic rings. The molecule has 0 N–H and O–H groups in total. The van der Waals surface area contributed by atoms with E-state index in [-0.39, 0.29) is 12.1 Å². The lowest BCUT2D eigenvalue weighted by atomic mass is 10.1. The molecule has 0 spiro atoms. The number of carbonyl (C=O) groups is 1. The van der Waals surface area contributed by atoms with E-state index in [9.17, 15) is 4.79 Å². The van der Waals surface area contributed by atoms with Crippen molar-refractivity contribution in [3.8, 4) is 0 Å². The van der Waals surface area contributed by atoms with Crippen LogP contribution in [-0.4, -0.2) is 34.7 Å². The molecule has 1 heterocycles. The Labute approximate surface area is 129 Å². The van der Waals surface area contributed by atoms with Crippen molar-refractivity contribution in [3.05, 3.63) is 30.1 Å². The molecule has 0 aromatic carbocycles. The molecule has 120 valence electrons. The summed E-state index contributed by atoms with van der Waals surface area (Å²) >= 11 is 0. The molecule has 0 atom stereocenters. The Hall–Kier alpha value is -1.58. The van der Waals surface area contributed by atoms with Crippen LogP contribution >= 0.6 is 0 Å². The number of pyridine rings is 1. The molecular weight excluding hydrogens is 264 g/mol. The maximum absolute atomic E-state index is 11.3. The van der Waals surface area contributed by atoms with Crippen molar-refractivity contribution in [3.63, 3.8) is 0 Å². The van der Waals surface area contributed by atoms with E-state index in [1.165, 1.54) is 0 Å². The predicted octanol–water partition coefficient (Wildman–Crippen LogP) is 4.47. The highest BCUT2D eigenvalue weighted by Gasteiger charge is 2.20. The number of hydrogen-bond acceptors (Lipinski definition) is 3. The van der Waals surface area contributed by atoms with Gasteiger partial charge in [0.2, 0.25) is 0 Å². The fourth-order valence-corrected chi connectivity index (χ4v) is 1.26. The van der Waals surface area contributed by atoms with Crippen molar-refractivity contribution in [1.29, 1.82) is 0 Å². The quantitative estimate of drug-likeness (QED) is 0.808. The summed E-state index contributed by atoms with van der Waals surface area (Å²) in [6.07, 6.45) is 1.56. The molecule has 0 unspecified atom stereocenters. The molecule has 0 saturated carbocycles. The molecular formula is C17H30N2O2. The summed E-state index contributed by atoms with van der Waals surface area (Å²) in [5.74, 6) is 0.547. The van der Waals surface area contributed by atoms with Crippen LogP contribution in [0.1, 0.15) is 60.1 Å². The average molecular weight is 294 g/mol. The van der Waals surface area contributed by atoms with Crippen LogP contribution in [0.2, 0.25) is 0 Å². The first-order valence-electron chi connectivity index (χ1n) is 7.41. The first kappa shape index (κ1) is 19.4. The van der Waals surface area contributed by atoms with Crippen LogP contribution in [0, 0.1) is 0 Å². The largest absolute Gasteiger partial charge is 0.444 e. The summed E-state index contributed by atoms with van der Waals surface area (Å²) < 4.78 is 5.15. The zero-order valence-electron chi connectivity index (χ0n) is 14.7. The highest BCUT2D eigenvalue weighted by atomic mass is 16.6. The lowest BCUT2D eigenvalue weighted by Gasteiger charge is -2.26. The van der Waals surface area contributed by atoms with E-state index >= 15 is 0 Å². The maximum atomic E-state index is 11.3. The standard InChI is InChI=1S/C9H19NO2.C8H11N/c1-7(2)10(6)8(11)12-9(3,4)5;1-7(2)8-5-3-4-6-9-8/h7H,1-6H3;3-7H,1-2H3. The minimum Gasteiger partial charge on any atom is -0.444 e. The molecule has 0 saturated heterocycles. The van der Waals surface area contributed by atoms with E-state index in [2.05, 4.69) is 18.8 Å². The first-order chi connectivity index (χ1) is 9.54. The molecule has 4 nitrogen and oxygen atoms in total. The smallest absolute Gasteiger partial charge is 0.410 e. The summed E-state index contributed by atoms with van der Waals surface area (Å²) in [7, 11) is 1.73. The van der Waals surface area contributed by atoms with Crippen LogP contribution in [0.5, 0.6) is 0 Å². The van der Waals surface area contributed by atoms with Gasteiger partial charge in [0.05, 0.1) is 0 Å². The molecule has 21 heavy (non-hydrogen) atoms. The second-order valence-electron chi connectivity index (χ2n) is 6.59. The van der Waals surface area contributed by atoms with Gasteiger partial charge in [-0.25, -0.2) is 4.79 Å². The van der Waals surface area contributed by atoms with Crippen LogP contribution in [-0.2, 0) is 4.74 Å². The van der Waals surface area contributed by atoms with Crippen LogP contribution < -0.4 is 0 Å². The number of hydrogen-bond donors (Lipinski definition) is 0. The van der Waals surface area contributed by atoms with Gasteiger partial charge >= 0.3 is 6.09 Å². The van der Waals surface area contributed by atoms with Crippen LogP contribution in [0.15, 0.2) is 24.4 Å². The fraction of sp³-hybridized carbons (Fsp3) is 0.647. The van der Waals surface area contributed by atoms with E-state index < -0.39 is 5.60 Å². The third kappa shape index (κ3) is 9.05. The second kappa shape index (κ2) is 8.65. The number of aromatic nitrogens is 1.